The zero-order valence-electron chi connectivity index (χ0n) is 16.7. The number of amides is 1. The quantitative estimate of drug-likeness (QED) is 0.610. The van der Waals surface area contributed by atoms with Gasteiger partial charge in [0.25, 0.3) is 5.91 Å². The average Bonchev–Trinajstić information content (AvgIpc) is 2.74. The summed E-state index contributed by atoms with van der Waals surface area (Å²) in [6, 6.07) is 16.9. The molecule has 0 spiro atoms. The van der Waals surface area contributed by atoms with Crippen LogP contribution in [0.4, 0.5) is 11.5 Å². The van der Waals surface area contributed by atoms with E-state index in [0.29, 0.717) is 36.1 Å². The predicted molar refractivity (Wildman–Crippen MR) is 112 cm³/mol. The highest BCUT2D eigenvalue weighted by molar-refractivity contribution is 5.93. The van der Waals surface area contributed by atoms with E-state index in [9.17, 15) is 4.79 Å². The summed E-state index contributed by atoms with van der Waals surface area (Å²) in [5.41, 5.74) is 2.19. The van der Waals surface area contributed by atoms with Crippen molar-refractivity contribution >= 4 is 17.4 Å². The number of nitrogens with zero attached hydrogens (tertiary/aromatic N) is 2. The Morgan fingerprint density at radius 1 is 1.00 bits per heavy atom. The maximum absolute atomic E-state index is 12.5. The summed E-state index contributed by atoms with van der Waals surface area (Å²) < 4.78 is 10.5. The van der Waals surface area contributed by atoms with Gasteiger partial charge in [-0.2, -0.15) is 0 Å². The number of methoxy groups -OCH3 is 2. The third-order valence-corrected chi connectivity index (χ3v) is 4.30. The Kier molecular flexibility index (Phi) is 6.63. The summed E-state index contributed by atoms with van der Waals surface area (Å²) >= 11 is 0. The third-order valence-electron chi connectivity index (χ3n) is 4.30. The summed E-state index contributed by atoms with van der Waals surface area (Å²) in [6.07, 6.45) is 0.714. The van der Waals surface area contributed by atoms with Gasteiger partial charge in [0, 0.05) is 12.6 Å². The fourth-order valence-corrected chi connectivity index (χ4v) is 2.84. The molecule has 0 bridgehead atoms. The fraction of sp³-hybridized carbons (Fsp3) is 0.227. The zero-order chi connectivity index (χ0) is 20.6. The van der Waals surface area contributed by atoms with Crippen molar-refractivity contribution in [2.24, 2.45) is 0 Å². The van der Waals surface area contributed by atoms with Crippen LogP contribution in [0, 0.1) is 6.92 Å². The highest BCUT2D eigenvalue weighted by atomic mass is 16.5. The number of rotatable bonds is 8. The van der Waals surface area contributed by atoms with E-state index in [0.717, 1.165) is 17.0 Å². The number of nitrogens with one attached hydrogen (secondary N) is 2. The number of hydrogen-bond acceptors (Lipinski definition) is 6. The van der Waals surface area contributed by atoms with Crippen LogP contribution >= 0.6 is 0 Å². The van der Waals surface area contributed by atoms with Crippen LogP contribution in [0.1, 0.15) is 21.9 Å². The van der Waals surface area contributed by atoms with Crippen molar-refractivity contribution in [1.29, 1.82) is 0 Å². The Morgan fingerprint density at radius 3 is 2.48 bits per heavy atom. The van der Waals surface area contributed by atoms with E-state index < -0.39 is 0 Å². The number of aromatic nitrogens is 2. The maximum atomic E-state index is 12.5. The van der Waals surface area contributed by atoms with Gasteiger partial charge in [-0.1, -0.05) is 24.3 Å². The molecule has 0 unspecified atom stereocenters. The minimum Gasteiger partial charge on any atom is -0.497 e. The molecule has 1 aromatic heterocycles. The summed E-state index contributed by atoms with van der Waals surface area (Å²) in [4.78, 5) is 21.2. The number of carbonyl (C=O) groups excluding carboxylic acids is 1. The Labute approximate surface area is 170 Å². The molecule has 2 aromatic carbocycles. The minimum absolute atomic E-state index is 0.243. The van der Waals surface area contributed by atoms with E-state index in [4.69, 9.17) is 9.47 Å². The van der Waals surface area contributed by atoms with E-state index in [1.54, 1.807) is 27.2 Å². The number of para-hydroxylation sites is 2. The lowest BCUT2D eigenvalue weighted by Gasteiger charge is -2.12. The summed E-state index contributed by atoms with van der Waals surface area (Å²) in [5, 5.41) is 6.09. The molecule has 0 saturated heterocycles. The Morgan fingerprint density at radius 2 is 1.76 bits per heavy atom. The van der Waals surface area contributed by atoms with Crippen LogP contribution in [0.3, 0.4) is 0 Å². The van der Waals surface area contributed by atoms with Crippen LogP contribution in [-0.2, 0) is 6.42 Å². The molecule has 0 fully saturated rings. The Bertz CT molecular complexity index is 974. The highest BCUT2D eigenvalue weighted by Gasteiger charge is 2.11. The van der Waals surface area contributed by atoms with Gasteiger partial charge in [-0.15, -0.1) is 0 Å². The van der Waals surface area contributed by atoms with Gasteiger partial charge in [0.2, 0.25) is 0 Å². The lowest BCUT2D eigenvalue weighted by molar-refractivity contribution is 0.0949. The van der Waals surface area contributed by atoms with Gasteiger partial charge in [0.1, 0.15) is 28.8 Å². The molecule has 0 aliphatic carbocycles. The second-order valence-electron chi connectivity index (χ2n) is 6.36. The van der Waals surface area contributed by atoms with E-state index in [1.165, 1.54) is 0 Å². The monoisotopic (exact) mass is 392 g/mol. The molecule has 0 radical (unpaired) electrons. The van der Waals surface area contributed by atoms with Crippen molar-refractivity contribution in [3.05, 3.63) is 71.7 Å². The molecular formula is C22H24N4O3. The first-order valence-corrected chi connectivity index (χ1v) is 9.26. The van der Waals surface area contributed by atoms with Crippen LogP contribution < -0.4 is 20.1 Å². The molecule has 7 nitrogen and oxygen atoms in total. The summed E-state index contributed by atoms with van der Waals surface area (Å²) in [7, 11) is 3.24. The summed E-state index contributed by atoms with van der Waals surface area (Å²) in [5.74, 6) is 2.29. The van der Waals surface area contributed by atoms with Gasteiger partial charge in [-0.3, -0.25) is 4.79 Å². The molecule has 1 heterocycles. The normalized spacial score (nSPS) is 10.3. The smallest absolute Gasteiger partial charge is 0.270 e. The minimum atomic E-state index is -0.243. The second kappa shape index (κ2) is 9.54. The Balaban J connectivity index is 1.64. The second-order valence-corrected chi connectivity index (χ2v) is 6.36. The Hall–Kier alpha value is -3.61. The van der Waals surface area contributed by atoms with Crippen molar-refractivity contribution in [2.75, 3.05) is 26.1 Å². The van der Waals surface area contributed by atoms with Crippen LogP contribution in [0.5, 0.6) is 11.5 Å². The van der Waals surface area contributed by atoms with Crippen LogP contribution in [-0.4, -0.2) is 36.6 Å². The molecule has 0 saturated carbocycles. The van der Waals surface area contributed by atoms with Crippen LogP contribution in [0.25, 0.3) is 0 Å². The van der Waals surface area contributed by atoms with Crippen molar-refractivity contribution in [3.8, 4) is 11.5 Å². The van der Waals surface area contributed by atoms with Crippen molar-refractivity contribution in [1.82, 2.24) is 15.3 Å². The number of hydrogen-bond donors (Lipinski definition) is 2. The molecule has 150 valence electrons. The molecule has 2 N–H and O–H groups in total. The molecular weight excluding hydrogens is 368 g/mol. The van der Waals surface area contributed by atoms with Crippen molar-refractivity contribution in [2.45, 2.75) is 13.3 Å². The molecule has 3 aromatic rings. The van der Waals surface area contributed by atoms with Gasteiger partial charge in [-0.05, 0) is 43.2 Å². The first-order valence-electron chi connectivity index (χ1n) is 9.26. The standard InChI is InChI=1S/C22H24N4O3/c1-15-24-19(14-21(25-15)26-18-6-4-5-7-20(18)29-3)22(27)23-13-12-16-8-10-17(28-2)11-9-16/h4-11,14H,12-13H2,1-3H3,(H,23,27)(H,24,25,26). The van der Waals surface area contributed by atoms with E-state index in [2.05, 4.69) is 20.6 Å². The molecule has 7 heteroatoms. The number of anilines is 2. The zero-order valence-corrected chi connectivity index (χ0v) is 16.7. The lowest BCUT2D eigenvalue weighted by Crippen LogP contribution is -2.27. The lowest BCUT2D eigenvalue weighted by atomic mass is 10.1. The highest BCUT2D eigenvalue weighted by Crippen LogP contribution is 2.26. The molecule has 3 rings (SSSR count). The number of ether oxygens (including phenoxy) is 2. The average molecular weight is 392 g/mol. The van der Waals surface area contributed by atoms with Crippen LogP contribution in [0.2, 0.25) is 0 Å². The van der Waals surface area contributed by atoms with Gasteiger partial charge in [0.15, 0.2) is 0 Å². The van der Waals surface area contributed by atoms with Crippen molar-refractivity contribution in [3.63, 3.8) is 0 Å². The number of aryl methyl sites for hydroxylation is 1. The van der Waals surface area contributed by atoms with Gasteiger partial charge in [-0.25, -0.2) is 9.97 Å². The predicted octanol–water partition coefficient (Wildman–Crippen LogP) is 3.52. The van der Waals surface area contributed by atoms with Gasteiger partial charge < -0.3 is 20.1 Å². The fourth-order valence-electron chi connectivity index (χ4n) is 2.84. The van der Waals surface area contributed by atoms with Gasteiger partial charge in [0.05, 0.1) is 19.9 Å². The first kappa shape index (κ1) is 20.1. The summed E-state index contributed by atoms with van der Waals surface area (Å²) in [6.45, 7) is 2.25. The maximum Gasteiger partial charge on any atom is 0.270 e. The van der Waals surface area contributed by atoms with E-state index in [-0.39, 0.29) is 5.91 Å². The van der Waals surface area contributed by atoms with Crippen LogP contribution in [0.15, 0.2) is 54.6 Å². The third kappa shape index (κ3) is 5.44. The van der Waals surface area contributed by atoms with E-state index in [1.807, 2.05) is 48.5 Å². The SMILES string of the molecule is COc1ccc(CCNC(=O)c2cc(Nc3ccccc3OC)nc(C)n2)cc1. The number of carbonyl (C=O) groups is 1. The molecule has 0 atom stereocenters. The van der Waals surface area contributed by atoms with E-state index >= 15 is 0 Å². The molecule has 0 aliphatic rings. The largest absolute Gasteiger partial charge is 0.497 e. The van der Waals surface area contributed by atoms with Crippen molar-refractivity contribution < 1.29 is 14.3 Å². The topological polar surface area (TPSA) is 85.4 Å². The first-order chi connectivity index (χ1) is 14.1. The number of benzene rings is 2. The molecule has 1 amide bonds. The molecule has 0 aliphatic heterocycles. The molecule has 29 heavy (non-hydrogen) atoms. The van der Waals surface area contributed by atoms with Gasteiger partial charge >= 0.3 is 0 Å².